The number of halogens is 2. The average molecular weight is 514 g/mol. The second kappa shape index (κ2) is 10.1. The Labute approximate surface area is 212 Å². The topological polar surface area (TPSA) is 101 Å². The molecule has 0 aliphatic rings. The van der Waals surface area contributed by atoms with Crippen LogP contribution in [0.3, 0.4) is 0 Å². The zero-order chi connectivity index (χ0) is 25.2. The van der Waals surface area contributed by atoms with E-state index in [1.807, 2.05) is 20.8 Å². The number of rotatable bonds is 7. The number of carbonyl (C=O) groups excluding carboxylic acids is 1. The number of nitrogens with one attached hydrogen (secondary N) is 2. The maximum atomic E-state index is 12.5. The van der Waals surface area contributed by atoms with Crippen LogP contribution >= 0.6 is 23.2 Å². The molecule has 0 radical (unpaired) electrons. The van der Waals surface area contributed by atoms with Crippen LogP contribution in [0.5, 0.6) is 11.5 Å². The van der Waals surface area contributed by atoms with Gasteiger partial charge in [0.05, 0.1) is 17.1 Å². The van der Waals surface area contributed by atoms with Crippen molar-refractivity contribution in [2.24, 2.45) is 0 Å². The van der Waals surface area contributed by atoms with Gasteiger partial charge in [-0.1, -0.05) is 29.3 Å². The Morgan fingerprint density at radius 3 is 2.63 bits per heavy atom. The zero-order valence-corrected chi connectivity index (χ0v) is 21.0. The number of benzene rings is 2. The van der Waals surface area contributed by atoms with Gasteiger partial charge in [0.2, 0.25) is 0 Å². The van der Waals surface area contributed by atoms with E-state index in [-0.39, 0.29) is 18.1 Å². The molecular formula is C25H25Cl2N5O3. The Morgan fingerprint density at radius 2 is 1.91 bits per heavy atom. The predicted molar refractivity (Wildman–Crippen MR) is 138 cm³/mol. The summed E-state index contributed by atoms with van der Waals surface area (Å²) in [5.74, 6) is 1.27. The molecular weight excluding hydrogens is 489 g/mol. The Kier molecular flexibility index (Phi) is 7.16. The number of carbonyl (C=O) groups is 1. The van der Waals surface area contributed by atoms with Gasteiger partial charge < -0.3 is 25.0 Å². The largest absolute Gasteiger partial charge is 0.456 e. The van der Waals surface area contributed by atoms with Crippen molar-refractivity contribution in [3.05, 3.63) is 70.6 Å². The number of ether oxygens (including phenoxy) is 1. The lowest BCUT2D eigenvalue weighted by Crippen LogP contribution is -2.40. The Hall–Kier alpha value is -3.33. The molecule has 182 valence electrons. The van der Waals surface area contributed by atoms with Gasteiger partial charge in [-0.2, -0.15) is 0 Å². The highest BCUT2D eigenvalue weighted by molar-refractivity contribution is 6.32. The van der Waals surface area contributed by atoms with Crippen LogP contribution in [-0.2, 0) is 6.54 Å². The minimum atomic E-state index is -0.347. The zero-order valence-electron chi connectivity index (χ0n) is 19.5. The third-order valence-corrected chi connectivity index (χ3v) is 5.57. The number of hydrogen-bond donors (Lipinski definition) is 3. The quantitative estimate of drug-likeness (QED) is 0.289. The first kappa shape index (κ1) is 24.8. The van der Waals surface area contributed by atoms with Gasteiger partial charge in [0.15, 0.2) is 5.82 Å². The van der Waals surface area contributed by atoms with Crippen LogP contribution in [-0.4, -0.2) is 37.7 Å². The minimum absolute atomic E-state index is 0.0746. The third kappa shape index (κ3) is 5.85. The number of hydrogen-bond acceptors (Lipinski definition) is 6. The van der Waals surface area contributed by atoms with Crippen molar-refractivity contribution in [3.8, 4) is 11.5 Å². The van der Waals surface area contributed by atoms with Crippen molar-refractivity contribution in [2.75, 3.05) is 11.9 Å². The van der Waals surface area contributed by atoms with E-state index in [0.717, 1.165) is 0 Å². The van der Waals surface area contributed by atoms with Crippen molar-refractivity contribution < 1.29 is 14.6 Å². The first-order valence-electron chi connectivity index (χ1n) is 10.9. The van der Waals surface area contributed by atoms with Crippen LogP contribution in [0.15, 0.2) is 54.9 Å². The fourth-order valence-electron chi connectivity index (χ4n) is 3.51. The van der Waals surface area contributed by atoms with Gasteiger partial charge in [-0.05, 0) is 57.2 Å². The standard InChI is InChI=1S/C25H25Cl2N5O3/c1-25(2,3)31-24(34)15-5-4-6-17(11-15)35-20-8-7-16(12-18(20)26)30-23-22-19(28-14-29-23)13-21(27)32(22)9-10-33/h4-8,11-14,33H,9-10H2,1-3H3,(H,31,34)(H,28,29,30). The van der Waals surface area contributed by atoms with E-state index in [1.165, 1.54) is 6.33 Å². The number of amides is 1. The van der Waals surface area contributed by atoms with E-state index >= 15 is 0 Å². The normalized spacial score (nSPS) is 11.5. The highest BCUT2D eigenvalue weighted by Gasteiger charge is 2.17. The molecule has 10 heteroatoms. The first-order chi connectivity index (χ1) is 16.6. The SMILES string of the molecule is CC(C)(C)NC(=O)c1cccc(Oc2ccc(Nc3ncnc4cc(Cl)n(CCO)c34)cc2Cl)c1. The molecule has 1 amide bonds. The number of fused-ring (bicyclic) bond motifs is 1. The molecule has 4 rings (SSSR count). The predicted octanol–water partition coefficient (Wildman–Crippen LogP) is 5.79. The third-order valence-electron chi connectivity index (χ3n) is 4.96. The Balaban J connectivity index is 1.55. The Bertz CT molecular complexity index is 1380. The summed E-state index contributed by atoms with van der Waals surface area (Å²) in [6.45, 7) is 6.00. The van der Waals surface area contributed by atoms with Gasteiger partial charge in [0.25, 0.3) is 5.91 Å². The molecule has 8 nitrogen and oxygen atoms in total. The van der Waals surface area contributed by atoms with Gasteiger partial charge in [-0.15, -0.1) is 0 Å². The maximum absolute atomic E-state index is 12.5. The highest BCUT2D eigenvalue weighted by atomic mass is 35.5. The first-order valence-corrected chi connectivity index (χ1v) is 11.7. The van der Waals surface area contributed by atoms with E-state index in [1.54, 1.807) is 53.1 Å². The molecule has 0 aliphatic heterocycles. The monoisotopic (exact) mass is 513 g/mol. The molecule has 2 aromatic carbocycles. The average Bonchev–Trinajstić information content (AvgIpc) is 3.11. The minimum Gasteiger partial charge on any atom is -0.456 e. The lowest BCUT2D eigenvalue weighted by molar-refractivity contribution is 0.0919. The van der Waals surface area contributed by atoms with Crippen LogP contribution in [0.25, 0.3) is 11.0 Å². The summed E-state index contributed by atoms with van der Waals surface area (Å²) < 4.78 is 7.68. The van der Waals surface area contributed by atoms with Gasteiger partial charge in [0.1, 0.15) is 28.5 Å². The Morgan fingerprint density at radius 1 is 1.11 bits per heavy atom. The molecule has 0 aliphatic carbocycles. The van der Waals surface area contributed by atoms with E-state index < -0.39 is 0 Å². The number of nitrogens with zero attached hydrogens (tertiary/aromatic N) is 3. The molecule has 0 saturated heterocycles. The van der Waals surface area contributed by atoms with Crippen LogP contribution in [0, 0.1) is 0 Å². The number of anilines is 2. The van der Waals surface area contributed by atoms with Crippen LogP contribution in [0.4, 0.5) is 11.5 Å². The van der Waals surface area contributed by atoms with Crippen molar-refractivity contribution in [1.29, 1.82) is 0 Å². The summed E-state index contributed by atoms with van der Waals surface area (Å²) in [7, 11) is 0. The molecule has 35 heavy (non-hydrogen) atoms. The van der Waals surface area contributed by atoms with Crippen LogP contribution in [0.1, 0.15) is 31.1 Å². The molecule has 3 N–H and O–H groups in total. The lowest BCUT2D eigenvalue weighted by Gasteiger charge is -2.20. The smallest absolute Gasteiger partial charge is 0.251 e. The summed E-state index contributed by atoms with van der Waals surface area (Å²) in [5.41, 5.74) is 2.15. The molecule has 2 aromatic heterocycles. The van der Waals surface area contributed by atoms with E-state index in [2.05, 4.69) is 20.6 Å². The number of aliphatic hydroxyl groups is 1. The summed E-state index contributed by atoms with van der Waals surface area (Å²) in [6, 6.07) is 13.9. The summed E-state index contributed by atoms with van der Waals surface area (Å²) in [4.78, 5) is 21.1. The summed E-state index contributed by atoms with van der Waals surface area (Å²) >= 11 is 12.8. The van der Waals surface area contributed by atoms with Crippen LogP contribution in [0.2, 0.25) is 10.2 Å². The van der Waals surface area contributed by atoms with Crippen molar-refractivity contribution >= 4 is 51.6 Å². The van der Waals surface area contributed by atoms with Crippen LogP contribution < -0.4 is 15.4 Å². The fourth-order valence-corrected chi connectivity index (χ4v) is 4.00. The van der Waals surface area contributed by atoms with E-state index in [9.17, 15) is 9.90 Å². The fraction of sp³-hybridized carbons (Fsp3) is 0.240. The molecule has 0 atom stereocenters. The molecule has 0 unspecified atom stereocenters. The maximum Gasteiger partial charge on any atom is 0.251 e. The van der Waals surface area contributed by atoms with Gasteiger partial charge in [-0.25, -0.2) is 9.97 Å². The van der Waals surface area contributed by atoms with Gasteiger partial charge in [-0.3, -0.25) is 4.79 Å². The molecule has 0 spiro atoms. The van der Waals surface area contributed by atoms with Crippen molar-refractivity contribution in [1.82, 2.24) is 19.9 Å². The molecule has 0 bridgehead atoms. The summed E-state index contributed by atoms with van der Waals surface area (Å²) in [6.07, 6.45) is 1.44. The second-order valence-corrected chi connectivity index (χ2v) is 9.70. The lowest BCUT2D eigenvalue weighted by atomic mass is 10.1. The molecule has 0 saturated carbocycles. The molecule has 4 aromatic rings. The molecule has 2 heterocycles. The van der Waals surface area contributed by atoms with Crippen molar-refractivity contribution in [2.45, 2.75) is 32.9 Å². The van der Waals surface area contributed by atoms with E-state index in [0.29, 0.717) is 56.3 Å². The van der Waals surface area contributed by atoms with Gasteiger partial charge in [0, 0.05) is 29.4 Å². The number of aliphatic hydroxyl groups excluding tert-OH is 1. The summed E-state index contributed by atoms with van der Waals surface area (Å²) in [5, 5.41) is 16.4. The molecule has 0 fully saturated rings. The van der Waals surface area contributed by atoms with E-state index in [4.69, 9.17) is 27.9 Å². The van der Waals surface area contributed by atoms with Gasteiger partial charge >= 0.3 is 0 Å². The highest BCUT2D eigenvalue weighted by Crippen LogP contribution is 2.34. The number of aromatic nitrogens is 3. The second-order valence-electron chi connectivity index (χ2n) is 8.90. The van der Waals surface area contributed by atoms with Crippen molar-refractivity contribution in [3.63, 3.8) is 0 Å².